The van der Waals surface area contributed by atoms with Crippen molar-refractivity contribution < 1.29 is 12.4 Å². The number of carbonyl (C=O) groups excluding carboxylic acids is 1. The fourth-order valence-electron chi connectivity index (χ4n) is 0.311. The van der Waals surface area contributed by atoms with Gasteiger partial charge in [0.25, 0.3) is 0 Å². The lowest BCUT2D eigenvalue weighted by atomic mass is 10.4. The Hall–Kier alpha value is 0.122. The van der Waals surface area contributed by atoms with Gasteiger partial charge in [0.15, 0.2) is 0 Å². The summed E-state index contributed by atoms with van der Waals surface area (Å²) in [6, 6.07) is 0. The van der Waals surface area contributed by atoms with Crippen LogP contribution in [0.25, 0.3) is 0 Å². The first-order valence-electron chi connectivity index (χ1n) is 5.12. The molecule has 0 aliphatic rings. The van der Waals surface area contributed by atoms with E-state index in [1.807, 2.05) is 34.6 Å². The van der Waals surface area contributed by atoms with Crippen LogP contribution in [0, 0.1) is 0 Å². The summed E-state index contributed by atoms with van der Waals surface area (Å²) in [7, 11) is 0. The molecule has 0 atom stereocenters. The van der Waals surface area contributed by atoms with Gasteiger partial charge in [0, 0.05) is 18.6 Å². The van der Waals surface area contributed by atoms with E-state index in [0.29, 0.717) is 18.6 Å². The van der Waals surface area contributed by atoms with Crippen molar-refractivity contribution in [2.45, 2.75) is 60.2 Å². The van der Waals surface area contributed by atoms with Crippen molar-refractivity contribution >= 4 is 21.7 Å². The summed E-state index contributed by atoms with van der Waals surface area (Å²) in [6.07, 6.45) is 1.32. The number of ketones is 1. The molecule has 0 saturated heterocycles. The maximum Gasteiger partial charge on any atom is 0.650 e. The minimum atomic E-state index is -0.684. The third-order valence-corrected chi connectivity index (χ3v) is 2.91. The Bertz CT molecular complexity index is 127. The molecular formula is C10H23AlO3. The van der Waals surface area contributed by atoms with E-state index in [-0.39, 0.29) is 5.78 Å². The van der Waals surface area contributed by atoms with Crippen LogP contribution in [0.2, 0.25) is 0 Å². The molecule has 0 aromatic rings. The van der Waals surface area contributed by atoms with Crippen molar-refractivity contribution in [1.82, 2.24) is 0 Å². The molecule has 0 aliphatic carbocycles. The Balaban J connectivity index is 0. The molecule has 0 heterocycles. The second-order valence-electron chi connectivity index (χ2n) is 3.60. The van der Waals surface area contributed by atoms with E-state index in [2.05, 4.69) is 0 Å². The van der Waals surface area contributed by atoms with E-state index in [0.717, 1.165) is 0 Å². The van der Waals surface area contributed by atoms with E-state index >= 15 is 0 Å². The molecular weight excluding hydrogens is 195 g/mol. The summed E-state index contributed by atoms with van der Waals surface area (Å²) >= 11 is -0.684. The van der Waals surface area contributed by atoms with Crippen LogP contribution in [0.4, 0.5) is 0 Å². The number of rotatable bonds is 5. The van der Waals surface area contributed by atoms with Gasteiger partial charge in [-0.15, -0.1) is 0 Å². The van der Waals surface area contributed by atoms with Gasteiger partial charge in [0.05, 0.1) is 0 Å². The predicted octanol–water partition coefficient (Wildman–Crippen LogP) is 2.09. The molecule has 0 saturated carbocycles. The molecule has 0 radical (unpaired) electrons. The lowest BCUT2D eigenvalue weighted by molar-refractivity contribution is -0.116. The molecule has 0 bridgehead atoms. The van der Waals surface area contributed by atoms with Gasteiger partial charge < -0.3 is 12.4 Å². The number of hydrogen-bond acceptors (Lipinski definition) is 3. The molecule has 0 aliphatic heterocycles. The largest absolute Gasteiger partial charge is 0.650 e. The molecule has 0 N–H and O–H groups in total. The topological polar surface area (TPSA) is 35.5 Å². The third kappa shape index (κ3) is 22.7. The fourth-order valence-corrected chi connectivity index (χ4v) is 0.934. The highest BCUT2D eigenvalue weighted by molar-refractivity contribution is 6.18. The zero-order chi connectivity index (χ0) is 11.6. The van der Waals surface area contributed by atoms with E-state index in [9.17, 15) is 4.79 Å². The maximum atomic E-state index is 9.81. The Kier molecular flexibility index (Phi) is 13.2. The highest BCUT2D eigenvalue weighted by atomic mass is 27.2. The normalized spacial score (nSPS) is 9.71. The van der Waals surface area contributed by atoms with Gasteiger partial charge in [0.1, 0.15) is 5.78 Å². The zero-order valence-corrected chi connectivity index (χ0v) is 11.7. The minimum absolute atomic E-state index is 0.255. The number of Topliss-reactive ketones (excluding diaryl/α,β-unsaturated/α-hetero) is 1. The first-order chi connectivity index (χ1) is 6.40. The average molecular weight is 218 g/mol. The van der Waals surface area contributed by atoms with Crippen molar-refractivity contribution in [3.63, 3.8) is 0 Å². The Morgan fingerprint density at radius 2 is 1.43 bits per heavy atom. The van der Waals surface area contributed by atoms with Crippen LogP contribution in [0.5, 0.6) is 0 Å². The first-order valence-corrected chi connectivity index (χ1v) is 6.28. The lowest BCUT2D eigenvalue weighted by Crippen LogP contribution is -2.14. The molecule has 3 nitrogen and oxygen atoms in total. The quantitative estimate of drug-likeness (QED) is 0.663. The summed E-state index contributed by atoms with van der Waals surface area (Å²) < 4.78 is 10.5. The molecule has 14 heavy (non-hydrogen) atoms. The van der Waals surface area contributed by atoms with Crippen LogP contribution in [0.3, 0.4) is 0 Å². The van der Waals surface area contributed by atoms with Crippen molar-refractivity contribution in [1.29, 1.82) is 0 Å². The molecule has 0 aromatic carbocycles. The van der Waals surface area contributed by atoms with Gasteiger partial charge in [-0.2, -0.15) is 0 Å². The maximum absolute atomic E-state index is 9.81. The van der Waals surface area contributed by atoms with Crippen LogP contribution in [0.15, 0.2) is 0 Å². The van der Waals surface area contributed by atoms with Gasteiger partial charge in [-0.1, -0.05) is 6.92 Å². The van der Waals surface area contributed by atoms with Gasteiger partial charge >= 0.3 is 15.9 Å². The van der Waals surface area contributed by atoms with Gasteiger partial charge in [-0.25, -0.2) is 0 Å². The Morgan fingerprint density at radius 1 is 1.14 bits per heavy atom. The third-order valence-electron chi connectivity index (χ3n) is 1.30. The van der Waals surface area contributed by atoms with Crippen LogP contribution in [0.1, 0.15) is 48.0 Å². The Morgan fingerprint density at radius 3 is 1.57 bits per heavy atom. The highest BCUT2D eigenvalue weighted by Gasteiger charge is 2.01. The van der Waals surface area contributed by atoms with E-state index in [1.165, 1.54) is 0 Å². The molecule has 84 valence electrons. The summed E-state index contributed by atoms with van der Waals surface area (Å²) in [4.78, 5) is 9.81. The van der Waals surface area contributed by atoms with E-state index in [4.69, 9.17) is 7.58 Å². The van der Waals surface area contributed by atoms with Crippen molar-refractivity contribution in [2.24, 2.45) is 0 Å². The first kappa shape index (κ1) is 16.5. The van der Waals surface area contributed by atoms with Crippen molar-refractivity contribution in [3.8, 4) is 0 Å². The molecule has 0 rings (SSSR count). The number of carbonyl (C=O) groups is 1. The summed E-state index contributed by atoms with van der Waals surface area (Å²) in [5.74, 6) is 0.255. The SMILES string of the molecule is CC(C)[O][AlH][O]C(C)C.CCC(C)=O. The predicted molar refractivity (Wildman–Crippen MR) is 60.6 cm³/mol. The fraction of sp³-hybridized carbons (Fsp3) is 0.900. The van der Waals surface area contributed by atoms with Gasteiger partial charge in [-0.05, 0) is 34.6 Å². The van der Waals surface area contributed by atoms with Crippen LogP contribution >= 0.6 is 0 Å². The number of hydrogen-bond donors (Lipinski definition) is 0. The average Bonchev–Trinajstić information content (AvgIpc) is 2.04. The smallest absolute Gasteiger partial charge is 0.479 e. The summed E-state index contributed by atoms with van der Waals surface area (Å²) in [5, 5.41) is 0. The lowest BCUT2D eigenvalue weighted by Gasteiger charge is -2.09. The highest BCUT2D eigenvalue weighted by Crippen LogP contribution is 1.89. The molecule has 0 aromatic heterocycles. The summed E-state index contributed by atoms with van der Waals surface area (Å²) in [5.41, 5.74) is 0. The second-order valence-corrected chi connectivity index (χ2v) is 4.51. The van der Waals surface area contributed by atoms with Gasteiger partial charge in [0.2, 0.25) is 0 Å². The molecule has 4 heteroatoms. The molecule has 0 spiro atoms. The van der Waals surface area contributed by atoms with Crippen LogP contribution in [-0.2, 0) is 12.4 Å². The van der Waals surface area contributed by atoms with Crippen LogP contribution in [-0.4, -0.2) is 33.9 Å². The van der Waals surface area contributed by atoms with Gasteiger partial charge in [-0.3, -0.25) is 0 Å². The second kappa shape index (κ2) is 11.2. The standard InChI is InChI=1S/C4H8O.2C3H7O.Al.H/c1-3-4(2)5;2*1-3(2)4;;/h3H2,1-2H3;2*3H,1-2H3;;/q;2*-1;+2;. The summed E-state index contributed by atoms with van der Waals surface area (Å²) in [6.45, 7) is 11.5. The molecule has 0 unspecified atom stereocenters. The van der Waals surface area contributed by atoms with Crippen LogP contribution < -0.4 is 0 Å². The Labute approximate surface area is 94.5 Å². The van der Waals surface area contributed by atoms with Crippen molar-refractivity contribution in [3.05, 3.63) is 0 Å². The van der Waals surface area contributed by atoms with E-state index < -0.39 is 15.9 Å². The monoisotopic (exact) mass is 218 g/mol. The minimum Gasteiger partial charge on any atom is -0.479 e. The van der Waals surface area contributed by atoms with Crippen molar-refractivity contribution in [2.75, 3.05) is 0 Å². The zero-order valence-electron chi connectivity index (χ0n) is 10.3. The molecule has 0 fully saturated rings. The molecule has 0 amide bonds. The van der Waals surface area contributed by atoms with E-state index in [1.54, 1.807) is 6.92 Å².